The summed E-state index contributed by atoms with van der Waals surface area (Å²) in [5.74, 6) is -0.479. The zero-order valence-corrected chi connectivity index (χ0v) is 17.2. The first kappa shape index (κ1) is 19.9. The van der Waals surface area contributed by atoms with Crippen molar-refractivity contribution >= 4 is 46.2 Å². The standard InChI is InChI=1S/C24H20ClN3O2/c1-16-11-12-18(25)13-20(16)27-23(29)15-28-22-10-6-5-9-19(22)26-21(14-24(28)30)17-7-3-2-4-8-17/h2-13H,14-15H2,1H3,(H,27,29). The first-order valence-electron chi connectivity index (χ1n) is 9.59. The molecule has 0 saturated carbocycles. The van der Waals surface area contributed by atoms with Gasteiger partial charge in [-0.1, -0.05) is 60.1 Å². The molecule has 30 heavy (non-hydrogen) atoms. The van der Waals surface area contributed by atoms with E-state index in [1.54, 1.807) is 12.1 Å². The quantitative estimate of drug-likeness (QED) is 0.638. The minimum absolute atomic E-state index is 0.112. The summed E-state index contributed by atoms with van der Waals surface area (Å²) in [7, 11) is 0. The minimum atomic E-state index is -0.299. The van der Waals surface area contributed by atoms with E-state index in [0.717, 1.165) is 11.1 Å². The van der Waals surface area contributed by atoms with E-state index >= 15 is 0 Å². The SMILES string of the molecule is Cc1ccc(Cl)cc1NC(=O)CN1C(=O)CC(c2ccccc2)=Nc2ccccc21. The van der Waals surface area contributed by atoms with Crippen LogP contribution in [0.3, 0.4) is 0 Å². The van der Waals surface area contributed by atoms with Crippen LogP contribution in [0.1, 0.15) is 17.5 Å². The molecule has 0 saturated heterocycles. The number of rotatable bonds is 4. The third kappa shape index (κ3) is 4.26. The molecule has 0 spiro atoms. The number of benzene rings is 3. The lowest BCUT2D eigenvalue weighted by Gasteiger charge is -2.22. The first-order chi connectivity index (χ1) is 14.5. The fourth-order valence-electron chi connectivity index (χ4n) is 3.38. The molecule has 1 heterocycles. The summed E-state index contributed by atoms with van der Waals surface area (Å²) >= 11 is 6.05. The Morgan fingerprint density at radius 3 is 2.60 bits per heavy atom. The average molecular weight is 418 g/mol. The van der Waals surface area contributed by atoms with Crippen molar-refractivity contribution in [3.05, 3.63) is 88.9 Å². The summed E-state index contributed by atoms with van der Waals surface area (Å²) in [5.41, 5.74) is 4.37. The van der Waals surface area contributed by atoms with Gasteiger partial charge < -0.3 is 10.2 Å². The van der Waals surface area contributed by atoms with E-state index < -0.39 is 0 Å². The monoisotopic (exact) mass is 417 g/mol. The van der Waals surface area contributed by atoms with Crippen LogP contribution in [-0.2, 0) is 9.59 Å². The van der Waals surface area contributed by atoms with Crippen molar-refractivity contribution in [2.45, 2.75) is 13.3 Å². The molecule has 0 aromatic heterocycles. The van der Waals surface area contributed by atoms with Crippen molar-refractivity contribution in [1.29, 1.82) is 0 Å². The molecule has 6 heteroatoms. The molecule has 2 amide bonds. The molecule has 3 aromatic carbocycles. The number of para-hydroxylation sites is 2. The second-order valence-electron chi connectivity index (χ2n) is 7.08. The van der Waals surface area contributed by atoms with E-state index in [-0.39, 0.29) is 24.8 Å². The van der Waals surface area contributed by atoms with Gasteiger partial charge in [0.2, 0.25) is 11.8 Å². The molecule has 4 rings (SSSR count). The number of nitrogens with zero attached hydrogens (tertiary/aromatic N) is 2. The van der Waals surface area contributed by atoms with Gasteiger partial charge in [0.1, 0.15) is 6.54 Å². The van der Waals surface area contributed by atoms with Gasteiger partial charge in [-0.05, 0) is 42.3 Å². The van der Waals surface area contributed by atoms with E-state index in [1.165, 1.54) is 4.90 Å². The molecule has 5 nitrogen and oxygen atoms in total. The van der Waals surface area contributed by atoms with Crippen molar-refractivity contribution in [3.63, 3.8) is 0 Å². The average Bonchev–Trinajstić information content (AvgIpc) is 2.88. The maximum absolute atomic E-state index is 13.1. The Labute approximate surface area is 180 Å². The van der Waals surface area contributed by atoms with Gasteiger partial charge in [0.15, 0.2) is 0 Å². The number of amides is 2. The highest BCUT2D eigenvalue weighted by molar-refractivity contribution is 6.31. The van der Waals surface area contributed by atoms with Crippen molar-refractivity contribution < 1.29 is 9.59 Å². The highest BCUT2D eigenvalue weighted by atomic mass is 35.5. The molecule has 150 valence electrons. The Balaban J connectivity index is 1.61. The highest BCUT2D eigenvalue weighted by Gasteiger charge is 2.26. The normalized spacial score (nSPS) is 13.3. The van der Waals surface area contributed by atoms with Crippen LogP contribution in [0.2, 0.25) is 5.02 Å². The van der Waals surface area contributed by atoms with Crippen molar-refractivity contribution in [3.8, 4) is 0 Å². The van der Waals surface area contributed by atoms with Gasteiger partial charge in [0, 0.05) is 10.7 Å². The summed E-state index contributed by atoms with van der Waals surface area (Å²) in [6.45, 7) is 1.78. The van der Waals surface area contributed by atoms with Crippen molar-refractivity contribution in [2.24, 2.45) is 4.99 Å². The van der Waals surface area contributed by atoms with Crippen molar-refractivity contribution in [1.82, 2.24) is 0 Å². The lowest BCUT2D eigenvalue weighted by molar-refractivity contribution is -0.120. The number of anilines is 2. The molecular weight excluding hydrogens is 398 g/mol. The lowest BCUT2D eigenvalue weighted by Crippen LogP contribution is -2.38. The predicted molar refractivity (Wildman–Crippen MR) is 121 cm³/mol. The highest BCUT2D eigenvalue weighted by Crippen LogP contribution is 2.33. The maximum atomic E-state index is 13.1. The topological polar surface area (TPSA) is 61.8 Å². The number of hydrogen-bond donors (Lipinski definition) is 1. The van der Waals surface area contributed by atoms with Crippen LogP contribution < -0.4 is 10.2 Å². The zero-order valence-electron chi connectivity index (χ0n) is 16.4. The van der Waals surface area contributed by atoms with Crippen LogP contribution in [0, 0.1) is 6.92 Å². The number of carbonyl (C=O) groups is 2. The maximum Gasteiger partial charge on any atom is 0.244 e. The molecule has 0 fully saturated rings. The van der Waals surface area contributed by atoms with E-state index in [4.69, 9.17) is 16.6 Å². The Morgan fingerprint density at radius 1 is 1.07 bits per heavy atom. The Bertz CT molecular complexity index is 1140. The van der Waals surface area contributed by atoms with Gasteiger partial charge >= 0.3 is 0 Å². The van der Waals surface area contributed by atoms with Crippen LogP contribution in [-0.4, -0.2) is 24.1 Å². The Hall–Kier alpha value is -3.44. The van der Waals surface area contributed by atoms with Gasteiger partial charge in [0.25, 0.3) is 0 Å². The molecule has 1 N–H and O–H groups in total. The van der Waals surface area contributed by atoms with Crippen LogP contribution in [0.5, 0.6) is 0 Å². The second-order valence-corrected chi connectivity index (χ2v) is 7.51. The number of halogens is 1. The molecule has 1 aliphatic rings. The molecule has 3 aromatic rings. The third-order valence-electron chi connectivity index (χ3n) is 4.93. The van der Waals surface area contributed by atoms with Crippen LogP contribution in [0.15, 0.2) is 77.8 Å². The summed E-state index contributed by atoms with van der Waals surface area (Å²) in [4.78, 5) is 32.1. The summed E-state index contributed by atoms with van der Waals surface area (Å²) in [6.07, 6.45) is 0.113. The third-order valence-corrected chi connectivity index (χ3v) is 5.17. The van der Waals surface area contributed by atoms with Crippen molar-refractivity contribution in [2.75, 3.05) is 16.8 Å². The molecular formula is C24H20ClN3O2. The van der Waals surface area contributed by atoms with Gasteiger partial charge in [0.05, 0.1) is 23.5 Å². The fraction of sp³-hybridized carbons (Fsp3) is 0.125. The summed E-state index contributed by atoms with van der Waals surface area (Å²) in [6, 6.07) is 22.3. The molecule has 0 unspecified atom stereocenters. The molecule has 0 radical (unpaired) electrons. The Morgan fingerprint density at radius 2 is 1.80 bits per heavy atom. The number of aryl methyl sites for hydroxylation is 1. The van der Waals surface area contributed by atoms with Gasteiger partial charge in [-0.25, -0.2) is 0 Å². The Kier molecular flexibility index (Phi) is 5.63. The van der Waals surface area contributed by atoms with Crippen LogP contribution in [0.25, 0.3) is 0 Å². The summed E-state index contributed by atoms with van der Waals surface area (Å²) in [5, 5.41) is 3.39. The minimum Gasteiger partial charge on any atom is -0.324 e. The smallest absolute Gasteiger partial charge is 0.244 e. The first-order valence-corrected chi connectivity index (χ1v) is 9.97. The second kappa shape index (κ2) is 8.51. The molecule has 0 aliphatic carbocycles. The molecule has 0 bridgehead atoms. The largest absolute Gasteiger partial charge is 0.324 e. The number of carbonyl (C=O) groups excluding carboxylic acids is 2. The molecule has 0 atom stereocenters. The number of hydrogen-bond acceptors (Lipinski definition) is 3. The fourth-order valence-corrected chi connectivity index (χ4v) is 3.55. The van der Waals surface area contributed by atoms with Gasteiger partial charge in [-0.3, -0.25) is 14.6 Å². The van der Waals surface area contributed by atoms with Gasteiger partial charge in [-0.2, -0.15) is 0 Å². The van der Waals surface area contributed by atoms with E-state index in [0.29, 0.717) is 27.8 Å². The van der Waals surface area contributed by atoms with E-state index in [1.807, 2.05) is 67.6 Å². The number of fused-ring (bicyclic) bond motifs is 1. The number of nitrogens with one attached hydrogen (secondary N) is 1. The van der Waals surface area contributed by atoms with E-state index in [2.05, 4.69) is 5.32 Å². The molecule has 1 aliphatic heterocycles. The zero-order chi connectivity index (χ0) is 21.1. The van der Waals surface area contributed by atoms with Crippen LogP contribution >= 0.6 is 11.6 Å². The van der Waals surface area contributed by atoms with Gasteiger partial charge in [-0.15, -0.1) is 0 Å². The summed E-state index contributed by atoms with van der Waals surface area (Å²) < 4.78 is 0. The van der Waals surface area contributed by atoms with Crippen LogP contribution in [0.4, 0.5) is 17.1 Å². The lowest BCUT2D eigenvalue weighted by atomic mass is 10.1. The van der Waals surface area contributed by atoms with E-state index in [9.17, 15) is 9.59 Å². The predicted octanol–water partition coefficient (Wildman–Crippen LogP) is 5.14. The number of aliphatic imine (C=N–C) groups is 1.